The fourth-order valence-electron chi connectivity index (χ4n) is 5.49. The van der Waals surface area contributed by atoms with E-state index in [1.807, 2.05) is 79.7 Å². The molecule has 1 aliphatic rings. The number of anilines is 1. The van der Waals surface area contributed by atoms with Crippen LogP contribution in [0.5, 0.6) is 0 Å². The van der Waals surface area contributed by atoms with Crippen molar-refractivity contribution in [1.82, 2.24) is 30.9 Å². The van der Waals surface area contributed by atoms with Crippen LogP contribution in [-0.4, -0.2) is 71.7 Å². The van der Waals surface area contributed by atoms with E-state index in [1.54, 1.807) is 16.8 Å². The molecule has 3 aromatic carbocycles. The molecule has 0 saturated heterocycles. The molecule has 0 radical (unpaired) electrons. The highest BCUT2D eigenvalue weighted by Gasteiger charge is 2.30. The van der Waals surface area contributed by atoms with E-state index in [9.17, 15) is 9.59 Å². The van der Waals surface area contributed by atoms with Crippen LogP contribution in [-0.2, 0) is 16.1 Å². The second-order valence-corrected chi connectivity index (χ2v) is 13.3. The van der Waals surface area contributed by atoms with E-state index in [0.29, 0.717) is 44.7 Å². The predicted molar refractivity (Wildman–Crippen MR) is 187 cm³/mol. The number of fused-ring (bicyclic) bond motifs is 5. The molecule has 0 saturated carbocycles. The van der Waals surface area contributed by atoms with Gasteiger partial charge in [-0.25, -0.2) is 4.68 Å². The molecule has 0 bridgehead atoms. The zero-order chi connectivity index (χ0) is 33.6. The third-order valence-electron chi connectivity index (χ3n) is 9.12. The molecular formula is C37H47N7O3. The summed E-state index contributed by atoms with van der Waals surface area (Å²) in [6, 6.07) is 23.3. The van der Waals surface area contributed by atoms with Crippen LogP contribution in [0.3, 0.4) is 0 Å². The number of hydrogen-bond donors (Lipinski definition) is 3. The minimum absolute atomic E-state index is 0.0125. The van der Waals surface area contributed by atoms with Gasteiger partial charge in [-0.2, -0.15) is 0 Å². The third kappa shape index (κ3) is 7.96. The molecule has 0 aliphatic carbocycles. The third-order valence-corrected chi connectivity index (χ3v) is 9.12. The minimum Gasteiger partial charge on any atom is -0.380 e. The second kappa shape index (κ2) is 14.6. The second-order valence-electron chi connectivity index (χ2n) is 13.3. The van der Waals surface area contributed by atoms with E-state index < -0.39 is 0 Å². The molecule has 10 nitrogen and oxygen atoms in total. The van der Waals surface area contributed by atoms with E-state index in [2.05, 4.69) is 54.0 Å². The van der Waals surface area contributed by atoms with Crippen LogP contribution in [0.2, 0.25) is 0 Å². The quantitative estimate of drug-likeness (QED) is 0.169. The minimum atomic E-state index is -0.167. The fraction of sp³-hybridized carbons (Fsp3) is 0.405. The number of ether oxygens (including phenoxy) is 1. The molecule has 4 aromatic rings. The number of carbonyl (C=O) groups is 2. The van der Waals surface area contributed by atoms with Gasteiger partial charge in [-0.3, -0.25) is 9.59 Å². The smallest absolute Gasteiger partial charge is 0.251 e. The van der Waals surface area contributed by atoms with Gasteiger partial charge in [-0.15, -0.1) is 5.10 Å². The Bertz CT molecular complexity index is 1690. The van der Waals surface area contributed by atoms with Crippen molar-refractivity contribution < 1.29 is 14.3 Å². The van der Waals surface area contributed by atoms with Crippen LogP contribution < -0.4 is 20.9 Å². The summed E-state index contributed by atoms with van der Waals surface area (Å²) in [7, 11) is 3.86. The zero-order valence-electron chi connectivity index (χ0n) is 28.4. The van der Waals surface area contributed by atoms with Gasteiger partial charge in [-0.05, 0) is 90.5 Å². The van der Waals surface area contributed by atoms with Crippen LogP contribution in [0.15, 0.2) is 72.8 Å². The molecular weight excluding hydrogens is 590 g/mol. The summed E-state index contributed by atoms with van der Waals surface area (Å²) in [6.45, 7) is 10.4. The Labute approximate surface area is 277 Å². The summed E-state index contributed by atoms with van der Waals surface area (Å²) in [5.41, 5.74) is 6.29. The zero-order valence-corrected chi connectivity index (χ0v) is 28.4. The average molecular weight is 638 g/mol. The molecule has 10 heteroatoms. The van der Waals surface area contributed by atoms with Crippen LogP contribution in [0.4, 0.5) is 5.69 Å². The largest absolute Gasteiger partial charge is 0.380 e. The van der Waals surface area contributed by atoms with Crippen molar-refractivity contribution in [3.05, 3.63) is 83.9 Å². The molecule has 0 unspecified atom stereocenters. The van der Waals surface area contributed by atoms with Crippen molar-refractivity contribution in [2.45, 2.75) is 64.6 Å². The van der Waals surface area contributed by atoms with E-state index >= 15 is 0 Å². The summed E-state index contributed by atoms with van der Waals surface area (Å²) in [6.07, 6.45) is 1.98. The van der Waals surface area contributed by atoms with E-state index in [0.717, 1.165) is 45.9 Å². The summed E-state index contributed by atoms with van der Waals surface area (Å²) in [5, 5.41) is 18.8. The number of rotatable bonds is 13. The number of aromatic nitrogens is 3. The molecule has 1 aliphatic heterocycles. The van der Waals surface area contributed by atoms with Crippen molar-refractivity contribution >= 4 is 17.5 Å². The van der Waals surface area contributed by atoms with Crippen molar-refractivity contribution in [2.24, 2.45) is 0 Å². The van der Waals surface area contributed by atoms with Gasteiger partial charge < -0.3 is 25.6 Å². The first-order valence-corrected chi connectivity index (χ1v) is 16.3. The normalized spacial score (nSPS) is 12.9. The van der Waals surface area contributed by atoms with Crippen LogP contribution in [0, 0.1) is 0 Å². The Morgan fingerprint density at radius 3 is 2.21 bits per heavy atom. The highest BCUT2D eigenvalue weighted by atomic mass is 16.5. The van der Waals surface area contributed by atoms with E-state index in [-0.39, 0.29) is 22.9 Å². The summed E-state index contributed by atoms with van der Waals surface area (Å²) < 4.78 is 7.50. The lowest BCUT2D eigenvalue weighted by Gasteiger charge is -2.30. The van der Waals surface area contributed by atoms with Crippen molar-refractivity contribution in [3.63, 3.8) is 0 Å². The number of nitrogens with one attached hydrogen (secondary N) is 3. The molecule has 2 heterocycles. The van der Waals surface area contributed by atoms with Crippen molar-refractivity contribution in [3.8, 4) is 28.2 Å². The van der Waals surface area contributed by atoms with E-state index in [1.165, 1.54) is 0 Å². The number of nitrogens with zero attached hydrogens (tertiary/aromatic N) is 4. The van der Waals surface area contributed by atoms with Gasteiger partial charge >= 0.3 is 0 Å². The first-order chi connectivity index (χ1) is 22.5. The summed E-state index contributed by atoms with van der Waals surface area (Å²) >= 11 is 0. The number of amides is 2. The molecule has 248 valence electrons. The average Bonchev–Trinajstić information content (AvgIpc) is 3.51. The van der Waals surface area contributed by atoms with E-state index in [4.69, 9.17) is 4.74 Å². The molecule has 1 aromatic heterocycles. The molecule has 0 fully saturated rings. The Balaban J connectivity index is 1.40. The van der Waals surface area contributed by atoms with Crippen LogP contribution >= 0.6 is 0 Å². The lowest BCUT2D eigenvalue weighted by molar-refractivity contribution is -0.119. The monoisotopic (exact) mass is 637 g/mol. The number of carbonyl (C=O) groups excluding carboxylic acids is 2. The van der Waals surface area contributed by atoms with Gasteiger partial charge in [-0.1, -0.05) is 47.7 Å². The van der Waals surface area contributed by atoms with Gasteiger partial charge in [0.25, 0.3) is 5.91 Å². The molecule has 0 spiro atoms. The molecule has 3 N–H and O–H groups in total. The molecule has 0 atom stereocenters. The highest BCUT2D eigenvalue weighted by molar-refractivity contribution is 6.00. The first-order valence-electron chi connectivity index (χ1n) is 16.3. The van der Waals surface area contributed by atoms with Gasteiger partial charge in [0.05, 0.1) is 24.5 Å². The fourth-order valence-corrected chi connectivity index (χ4v) is 5.49. The summed E-state index contributed by atoms with van der Waals surface area (Å²) in [4.78, 5) is 28.7. The summed E-state index contributed by atoms with van der Waals surface area (Å²) in [5.74, 6) is -0.111. The van der Waals surface area contributed by atoms with Gasteiger partial charge in [0.15, 0.2) is 0 Å². The number of para-hydroxylation sites is 1. The SMILES string of the molecule is CNC(C)(C)CCOCCNC(=O)c1ccc(-n2nnc3c2-c2ccccc2N(C(=O)CCC(C)(C)NC)Cc2ccccc2-3)cc1. The standard InChI is InChI=1S/C37H47N7O3/c1-36(2,38-5)20-19-32(45)43-25-27-11-7-8-12-29(27)33-34(30-13-9-10-14-31(30)43)44(42-41-33)28-17-15-26(16-18-28)35(46)40-22-24-47-23-21-37(3,4)39-6/h7-18,38-39H,19-25H2,1-6H3,(H,40,46). The lowest BCUT2D eigenvalue weighted by Crippen LogP contribution is -2.39. The highest BCUT2D eigenvalue weighted by Crippen LogP contribution is 2.42. The topological polar surface area (TPSA) is 113 Å². The molecule has 47 heavy (non-hydrogen) atoms. The Kier molecular flexibility index (Phi) is 10.5. The number of hydrogen-bond acceptors (Lipinski definition) is 7. The van der Waals surface area contributed by atoms with Crippen molar-refractivity contribution in [2.75, 3.05) is 38.8 Å². The Morgan fingerprint density at radius 2 is 1.49 bits per heavy atom. The van der Waals surface area contributed by atoms with Crippen molar-refractivity contribution in [1.29, 1.82) is 0 Å². The van der Waals surface area contributed by atoms with Gasteiger partial charge in [0, 0.05) is 47.3 Å². The maximum atomic E-state index is 13.9. The molecule has 5 rings (SSSR count). The van der Waals surface area contributed by atoms with Gasteiger partial charge in [0.2, 0.25) is 5.91 Å². The maximum Gasteiger partial charge on any atom is 0.251 e. The van der Waals surface area contributed by atoms with Gasteiger partial charge in [0.1, 0.15) is 11.4 Å². The first kappa shape index (κ1) is 34.0. The Morgan fingerprint density at radius 1 is 0.830 bits per heavy atom. The van der Waals surface area contributed by atoms with Crippen LogP contribution in [0.25, 0.3) is 28.2 Å². The van der Waals surface area contributed by atoms with Crippen LogP contribution in [0.1, 0.15) is 62.9 Å². The lowest BCUT2D eigenvalue weighted by atomic mass is 9.94. The number of benzene rings is 3. The Hall–Kier alpha value is -4.38. The maximum absolute atomic E-state index is 13.9. The molecule has 2 amide bonds. The predicted octanol–water partition coefficient (Wildman–Crippen LogP) is 5.36.